The molecule has 0 radical (unpaired) electrons. The molecule has 0 aromatic heterocycles. The standard InChI is InChI=1S/C21H27N3O2/c1-22-21(24-13-11-17-7-3-4-8-18(17)15-24)23-12-14-26-16-19-9-5-6-10-20(19)25-2/h3-10H,11-16H2,1-2H3,(H,22,23). The topological polar surface area (TPSA) is 46.1 Å². The highest BCUT2D eigenvalue weighted by atomic mass is 16.5. The fourth-order valence-corrected chi connectivity index (χ4v) is 3.25. The molecule has 26 heavy (non-hydrogen) atoms. The minimum Gasteiger partial charge on any atom is -0.496 e. The Hall–Kier alpha value is -2.53. The van der Waals surface area contributed by atoms with Crippen LogP contribution in [-0.2, 0) is 24.3 Å². The Morgan fingerprint density at radius 1 is 1.12 bits per heavy atom. The van der Waals surface area contributed by atoms with Crippen LogP contribution in [0.4, 0.5) is 0 Å². The lowest BCUT2D eigenvalue weighted by Crippen LogP contribution is -2.44. The van der Waals surface area contributed by atoms with Gasteiger partial charge in [0, 0.05) is 32.2 Å². The largest absolute Gasteiger partial charge is 0.496 e. The van der Waals surface area contributed by atoms with Gasteiger partial charge in [0.25, 0.3) is 0 Å². The summed E-state index contributed by atoms with van der Waals surface area (Å²) in [5.74, 6) is 1.80. The maximum atomic E-state index is 5.78. The molecule has 0 aliphatic carbocycles. The maximum Gasteiger partial charge on any atom is 0.194 e. The van der Waals surface area contributed by atoms with Crippen LogP contribution in [0.1, 0.15) is 16.7 Å². The van der Waals surface area contributed by atoms with Crippen molar-refractivity contribution in [2.75, 3.05) is 33.9 Å². The van der Waals surface area contributed by atoms with Crippen LogP contribution in [0.3, 0.4) is 0 Å². The summed E-state index contributed by atoms with van der Waals surface area (Å²) in [5.41, 5.74) is 3.89. The summed E-state index contributed by atoms with van der Waals surface area (Å²) in [4.78, 5) is 6.72. The van der Waals surface area contributed by atoms with Crippen LogP contribution >= 0.6 is 0 Å². The fraction of sp³-hybridized carbons (Fsp3) is 0.381. The molecule has 2 aromatic rings. The summed E-state index contributed by atoms with van der Waals surface area (Å²) < 4.78 is 11.1. The van der Waals surface area contributed by atoms with Gasteiger partial charge in [-0.05, 0) is 23.6 Å². The van der Waals surface area contributed by atoms with E-state index in [0.29, 0.717) is 13.2 Å². The third kappa shape index (κ3) is 4.55. The highest BCUT2D eigenvalue weighted by molar-refractivity contribution is 5.80. The highest BCUT2D eigenvalue weighted by Crippen LogP contribution is 2.19. The van der Waals surface area contributed by atoms with Gasteiger partial charge in [0.1, 0.15) is 5.75 Å². The van der Waals surface area contributed by atoms with E-state index in [1.165, 1.54) is 11.1 Å². The SMILES string of the molecule is CN=C(NCCOCc1ccccc1OC)N1CCc2ccccc2C1. The summed E-state index contributed by atoms with van der Waals surface area (Å²) >= 11 is 0. The van der Waals surface area contributed by atoms with Gasteiger partial charge >= 0.3 is 0 Å². The molecule has 5 heteroatoms. The van der Waals surface area contributed by atoms with E-state index in [-0.39, 0.29) is 0 Å². The van der Waals surface area contributed by atoms with Gasteiger partial charge in [0.15, 0.2) is 5.96 Å². The smallest absolute Gasteiger partial charge is 0.194 e. The van der Waals surface area contributed by atoms with Crippen LogP contribution in [0, 0.1) is 0 Å². The molecule has 0 saturated carbocycles. The first kappa shape index (κ1) is 18.3. The molecule has 0 atom stereocenters. The Labute approximate surface area is 155 Å². The maximum absolute atomic E-state index is 5.78. The number of nitrogens with zero attached hydrogens (tertiary/aromatic N) is 2. The van der Waals surface area contributed by atoms with E-state index in [1.54, 1.807) is 7.11 Å². The average molecular weight is 353 g/mol. The molecule has 0 fully saturated rings. The van der Waals surface area contributed by atoms with Gasteiger partial charge < -0.3 is 19.7 Å². The number of ether oxygens (including phenoxy) is 2. The molecule has 0 saturated heterocycles. The van der Waals surface area contributed by atoms with E-state index in [2.05, 4.69) is 39.5 Å². The number of aliphatic imine (C=N–C) groups is 1. The Morgan fingerprint density at radius 2 is 1.88 bits per heavy atom. The van der Waals surface area contributed by atoms with E-state index in [4.69, 9.17) is 9.47 Å². The van der Waals surface area contributed by atoms with Crippen LogP contribution in [0.5, 0.6) is 5.75 Å². The third-order valence-corrected chi connectivity index (χ3v) is 4.62. The first-order valence-corrected chi connectivity index (χ1v) is 9.04. The molecule has 1 aliphatic rings. The fourth-order valence-electron chi connectivity index (χ4n) is 3.25. The third-order valence-electron chi connectivity index (χ3n) is 4.62. The molecule has 2 aromatic carbocycles. The molecule has 0 spiro atoms. The second kappa shape index (κ2) is 9.25. The number of guanidine groups is 1. The molecule has 5 nitrogen and oxygen atoms in total. The Balaban J connectivity index is 1.44. The molecule has 0 amide bonds. The number of nitrogens with one attached hydrogen (secondary N) is 1. The van der Waals surface area contributed by atoms with E-state index in [9.17, 15) is 0 Å². The van der Waals surface area contributed by atoms with Crippen molar-refractivity contribution < 1.29 is 9.47 Å². The van der Waals surface area contributed by atoms with Crippen LogP contribution in [0.25, 0.3) is 0 Å². The predicted molar refractivity (Wildman–Crippen MR) is 105 cm³/mol. The van der Waals surface area contributed by atoms with Crippen LogP contribution in [0.15, 0.2) is 53.5 Å². The lowest BCUT2D eigenvalue weighted by molar-refractivity contribution is 0.123. The number of fused-ring (bicyclic) bond motifs is 1. The molecule has 1 heterocycles. The molecule has 0 bridgehead atoms. The Bertz CT molecular complexity index is 746. The minimum atomic E-state index is 0.543. The van der Waals surface area contributed by atoms with Crippen LogP contribution in [0.2, 0.25) is 0 Å². The van der Waals surface area contributed by atoms with Gasteiger partial charge in [0.05, 0.1) is 20.3 Å². The lowest BCUT2D eigenvalue weighted by atomic mass is 10.0. The van der Waals surface area contributed by atoms with Crippen molar-refractivity contribution in [3.63, 3.8) is 0 Å². The zero-order chi connectivity index (χ0) is 18.2. The summed E-state index contributed by atoms with van der Waals surface area (Å²) in [6.07, 6.45) is 1.06. The van der Waals surface area contributed by atoms with E-state index < -0.39 is 0 Å². The molecule has 138 valence electrons. The van der Waals surface area contributed by atoms with Crippen molar-refractivity contribution in [2.24, 2.45) is 4.99 Å². The minimum absolute atomic E-state index is 0.543. The van der Waals surface area contributed by atoms with Gasteiger partial charge in [-0.2, -0.15) is 0 Å². The van der Waals surface area contributed by atoms with Gasteiger partial charge in [0.2, 0.25) is 0 Å². The second-order valence-corrected chi connectivity index (χ2v) is 6.28. The molecular formula is C21H27N3O2. The van der Waals surface area contributed by atoms with Gasteiger partial charge in [-0.15, -0.1) is 0 Å². The van der Waals surface area contributed by atoms with Crippen molar-refractivity contribution in [1.29, 1.82) is 0 Å². The van der Waals surface area contributed by atoms with Gasteiger partial charge in [-0.25, -0.2) is 0 Å². The number of hydrogen-bond donors (Lipinski definition) is 1. The molecular weight excluding hydrogens is 326 g/mol. The number of rotatable bonds is 6. The molecule has 1 N–H and O–H groups in total. The highest BCUT2D eigenvalue weighted by Gasteiger charge is 2.18. The Morgan fingerprint density at radius 3 is 2.69 bits per heavy atom. The summed E-state index contributed by atoms with van der Waals surface area (Å²) in [6, 6.07) is 16.6. The monoisotopic (exact) mass is 353 g/mol. The van der Waals surface area contributed by atoms with Crippen LogP contribution in [-0.4, -0.2) is 44.7 Å². The normalized spacial score (nSPS) is 14.1. The number of hydrogen-bond acceptors (Lipinski definition) is 3. The average Bonchev–Trinajstić information content (AvgIpc) is 2.70. The van der Waals surface area contributed by atoms with Crippen LogP contribution < -0.4 is 10.1 Å². The number of benzene rings is 2. The molecule has 3 rings (SSSR count). The van der Waals surface area contributed by atoms with E-state index in [1.807, 2.05) is 31.3 Å². The lowest BCUT2D eigenvalue weighted by Gasteiger charge is -2.31. The van der Waals surface area contributed by atoms with E-state index in [0.717, 1.165) is 43.3 Å². The van der Waals surface area contributed by atoms with Crippen molar-refractivity contribution in [3.05, 3.63) is 65.2 Å². The summed E-state index contributed by atoms with van der Waals surface area (Å²) in [6.45, 7) is 3.76. The van der Waals surface area contributed by atoms with E-state index >= 15 is 0 Å². The van der Waals surface area contributed by atoms with Crippen molar-refractivity contribution in [3.8, 4) is 5.75 Å². The number of methoxy groups -OCH3 is 1. The zero-order valence-electron chi connectivity index (χ0n) is 15.6. The summed E-state index contributed by atoms with van der Waals surface area (Å²) in [7, 11) is 3.51. The molecule has 1 aliphatic heterocycles. The van der Waals surface area contributed by atoms with Gasteiger partial charge in [-0.3, -0.25) is 4.99 Å². The quantitative estimate of drug-likeness (QED) is 0.493. The number of para-hydroxylation sites is 1. The Kier molecular flexibility index (Phi) is 6.50. The predicted octanol–water partition coefficient (Wildman–Crippen LogP) is 2.85. The van der Waals surface area contributed by atoms with Crippen molar-refractivity contribution in [2.45, 2.75) is 19.6 Å². The molecule has 0 unspecified atom stereocenters. The zero-order valence-corrected chi connectivity index (χ0v) is 15.6. The van der Waals surface area contributed by atoms with Gasteiger partial charge in [-0.1, -0.05) is 42.5 Å². The summed E-state index contributed by atoms with van der Waals surface area (Å²) in [5, 5.41) is 3.40. The van der Waals surface area contributed by atoms with Crippen molar-refractivity contribution in [1.82, 2.24) is 10.2 Å². The first-order valence-electron chi connectivity index (χ1n) is 9.04. The second-order valence-electron chi connectivity index (χ2n) is 6.28. The first-order chi connectivity index (χ1) is 12.8. The van der Waals surface area contributed by atoms with Crippen molar-refractivity contribution >= 4 is 5.96 Å².